The number of carbonyl (C=O) groups is 2. The molecule has 0 radical (unpaired) electrons. The SMILES string of the molecule is COC(=O)C(Cc1ccccc1)NC(=O)NCc1cccc(-c2cccc(C3OC(CN(Cc4ccccc4)Cc4ccccc4)C(C)C(c4ccc(CO)cc4)O3)c2)c1. The second kappa shape index (κ2) is 20.7. The van der Waals surface area contributed by atoms with Gasteiger partial charge >= 0.3 is 12.0 Å². The van der Waals surface area contributed by atoms with Gasteiger partial charge in [0.05, 0.1) is 25.9 Å². The minimum Gasteiger partial charge on any atom is -0.467 e. The first-order valence-electron chi connectivity index (χ1n) is 20.5. The molecule has 1 fully saturated rings. The summed E-state index contributed by atoms with van der Waals surface area (Å²) in [5, 5.41) is 15.4. The van der Waals surface area contributed by atoms with Gasteiger partial charge in [-0.25, -0.2) is 9.59 Å². The highest BCUT2D eigenvalue weighted by Gasteiger charge is 2.39. The number of urea groups is 1. The Hall–Kier alpha value is -6.10. The van der Waals surface area contributed by atoms with Crippen LogP contribution in [0.4, 0.5) is 4.79 Å². The number of aliphatic hydroxyl groups is 1. The van der Waals surface area contributed by atoms with Gasteiger partial charge in [0.15, 0.2) is 6.29 Å². The van der Waals surface area contributed by atoms with Crippen molar-refractivity contribution >= 4 is 12.0 Å². The molecule has 60 heavy (non-hydrogen) atoms. The highest BCUT2D eigenvalue weighted by atomic mass is 16.7. The number of aliphatic hydroxyl groups excluding tert-OH is 1. The maximum Gasteiger partial charge on any atom is 0.328 e. The van der Waals surface area contributed by atoms with Gasteiger partial charge in [0, 0.05) is 44.1 Å². The first-order valence-corrected chi connectivity index (χ1v) is 20.5. The standard InChI is InChI=1S/C51H53N3O6/c1-36-47(34-54(32-38-16-8-4-9-17-38)33-39-18-10-5-11-19-39)59-50(60-48(36)42-26-24-40(35-55)25-27-42)45-23-13-22-44(30-45)43-21-12-20-41(28-43)31-52-51(57)53-46(49(56)58-2)29-37-14-6-3-7-15-37/h3-28,30,36,46-48,50,55H,29,31-35H2,1-2H3,(H2,52,53,57). The van der Waals surface area contributed by atoms with Crippen molar-refractivity contribution in [2.75, 3.05) is 13.7 Å². The molecule has 5 atom stereocenters. The summed E-state index contributed by atoms with van der Waals surface area (Å²) >= 11 is 0. The van der Waals surface area contributed by atoms with E-state index in [1.54, 1.807) is 0 Å². The van der Waals surface area contributed by atoms with E-state index in [1.165, 1.54) is 18.2 Å². The summed E-state index contributed by atoms with van der Waals surface area (Å²) < 4.78 is 18.8. The predicted molar refractivity (Wildman–Crippen MR) is 233 cm³/mol. The van der Waals surface area contributed by atoms with Crippen LogP contribution in [0, 0.1) is 5.92 Å². The maximum absolute atomic E-state index is 13.0. The van der Waals surface area contributed by atoms with E-state index in [0.717, 1.165) is 52.0 Å². The van der Waals surface area contributed by atoms with Crippen LogP contribution in [0.3, 0.4) is 0 Å². The molecule has 2 amide bonds. The molecule has 308 valence electrons. The van der Waals surface area contributed by atoms with Crippen molar-refractivity contribution in [2.24, 2.45) is 5.92 Å². The maximum atomic E-state index is 13.0. The van der Waals surface area contributed by atoms with E-state index >= 15 is 0 Å². The van der Waals surface area contributed by atoms with Crippen LogP contribution in [0.2, 0.25) is 0 Å². The summed E-state index contributed by atoms with van der Waals surface area (Å²) in [6, 6.07) is 53.5. The van der Waals surface area contributed by atoms with Crippen LogP contribution in [0.1, 0.15) is 58.3 Å². The number of rotatable bonds is 16. The fourth-order valence-corrected chi connectivity index (χ4v) is 7.75. The normalized spacial score (nSPS) is 18.1. The molecule has 1 heterocycles. The van der Waals surface area contributed by atoms with E-state index in [2.05, 4.69) is 83.1 Å². The average molecular weight is 804 g/mol. The monoisotopic (exact) mass is 803 g/mol. The third-order valence-corrected chi connectivity index (χ3v) is 11.0. The minimum atomic E-state index is -0.825. The number of esters is 1. The molecule has 0 aromatic heterocycles. The van der Waals surface area contributed by atoms with Crippen LogP contribution in [0.15, 0.2) is 164 Å². The van der Waals surface area contributed by atoms with Crippen molar-refractivity contribution in [1.29, 1.82) is 0 Å². The minimum absolute atomic E-state index is 0.0149. The van der Waals surface area contributed by atoms with Gasteiger partial charge < -0.3 is 30.0 Å². The highest BCUT2D eigenvalue weighted by molar-refractivity contribution is 5.83. The van der Waals surface area contributed by atoms with Gasteiger partial charge in [-0.05, 0) is 56.6 Å². The van der Waals surface area contributed by atoms with E-state index in [-0.39, 0.29) is 31.3 Å². The summed E-state index contributed by atoms with van der Waals surface area (Å²) in [5.74, 6) is -0.494. The molecule has 0 bridgehead atoms. The molecule has 9 heteroatoms. The van der Waals surface area contributed by atoms with Crippen LogP contribution in [-0.2, 0) is 51.7 Å². The topological polar surface area (TPSA) is 109 Å². The molecule has 7 rings (SSSR count). The Labute approximate surface area is 353 Å². The number of amides is 2. The number of methoxy groups -OCH3 is 1. The Kier molecular flexibility index (Phi) is 14.5. The molecule has 5 unspecified atom stereocenters. The molecule has 1 saturated heterocycles. The summed E-state index contributed by atoms with van der Waals surface area (Å²) in [5.41, 5.74) is 9.02. The van der Waals surface area contributed by atoms with E-state index in [4.69, 9.17) is 14.2 Å². The molecular weight excluding hydrogens is 751 g/mol. The van der Waals surface area contributed by atoms with Crippen LogP contribution in [0.5, 0.6) is 0 Å². The van der Waals surface area contributed by atoms with Crippen molar-refractivity contribution in [3.05, 3.63) is 203 Å². The number of hydrogen-bond donors (Lipinski definition) is 3. The summed E-state index contributed by atoms with van der Waals surface area (Å²) in [6.45, 7) is 4.66. The van der Waals surface area contributed by atoms with E-state index in [0.29, 0.717) is 13.0 Å². The smallest absolute Gasteiger partial charge is 0.328 e. The second-order valence-corrected chi connectivity index (χ2v) is 15.4. The Balaban J connectivity index is 1.09. The molecule has 1 aliphatic heterocycles. The van der Waals surface area contributed by atoms with Crippen LogP contribution < -0.4 is 10.6 Å². The molecule has 9 nitrogen and oxygen atoms in total. The molecule has 0 spiro atoms. The van der Waals surface area contributed by atoms with Crippen LogP contribution in [0.25, 0.3) is 11.1 Å². The molecule has 3 N–H and O–H groups in total. The largest absolute Gasteiger partial charge is 0.467 e. The molecular formula is C51H53N3O6. The van der Waals surface area contributed by atoms with Crippen molar-refractivity contribution in [3.8, 4) is 11.1 Å². The van der Waals surface area contributed by atoms with Gasteiger partial charge in [0.2, 0.25) is 0 Å². The van der Waals surface area contributed by atoms with Gasteiger partial charge in [-0.1, -0.05) is 159 Å². The lowest BCUT2D eigenvalue weighted by atomic mass is 9.89. The van der Waals surface area contributed by atoms with Crippen molar-refractivity contribution in [3.63, 3.8) is 0 Å². The molecule has 0 aliphatic carbocycles. The second-order valence-electron chi connectivity index (χ2n) is 15.4. The van der Waals surface area contributed by atoms with Gasteiger partial charge in [-0.2, -0.15) is 0 Å². The highest BCUT2D eigenvalue weighted by Crippen LogP contribution is 2.42. The van der Waals surface area contributed by atoms with E-state index in [9.17, 15) is 14.7 Å². The third-order valence-electron chi connectivity index (χ3n) is 11.0. The Morgan fingerprint density at radius 3 is 1.87 bits per heavy atom. The quantitative estimate of drug-likeness (QED) is 0.0839. The number of nitrogens with one attached hydrogen (secondary N) is 2. The van der Waals surface area contributed by atoms with Crippen molar-refractivity contribution in [2.45, 2.75) is 64.1 Å². The Bertz CT molecular complexity index is 2230. The van der Waals surface area contributed by atoms with Gasteiger partial charge in [0.1, 0.15) is 6.04 Å². The number of hydrogen-bond acceptors (Lipinski definition) is 7. The molecule has 1 aliphatic rings. The lowest BCUT2D eigenvalue weighted by molar-refractivity contribution is -0.276. The lowest BCUT2D eigenvalue weighted by Crippen LogP contribution is -2.47. The van der Waals surface area contributed by atoms with Gasteiger partial charge in [0.25, 0.3) is 0 Å². The lowest BCUT2D eigenvalue weighted by Gasteiger charge is -2.43. The summed E-state index contributed by atoms with van der Waals surface area (Å²) in [6.07, 6.45) is -0.755. The fourth-order valence-electron chi connectivity index (χ4n) is 7.75. The molecule has 6 aromatic rings. The summed E-state index contributed by atoms with van der Waals surface area (Å²) in [7, 11) is 1.31. The van der Waals surface area contributed by atoms with Gasteiger partial charge in [-0.3, -0.25) is 4.90 Å². The zero-order chi connectivity index (χ0) is 41.7. The molecule has 6 aromatic carbocycles. The van der Waals surface area contributed by atoms with Crippen LogP contribution >= 0.6 is 0 Å². The predicted octanol–water partition coefficient (Wildman–Crippen LogP) is 8.92. The van der Waals surface area contributed by atoms with E-state index < -0.39 is 24.3 Å². The number of nitrogens with zero attached hydrogens (tertiary/aromatic N) is 1. The van der Waals surface area contributed by atoms with Crippen LogP contribution in [-0.4, -0.2) is 47.8 Å². The fraction of sp³-hybridized carbons (Fsp3) is 0.255. The number of ether oxygens (including phenoxy) is 3. The zero-order valence-electron chi connectivity index (χ0n) is 34.2. The first kappa shape index (κ1) is 42.0. The third kappa shape index (κ3) is 11.3. The van der Waals surface area contributed by atoms with Crippen molar-refractivity contribution in [1.82, 2.24) is 15.5 Å². The zero-order valence-corrected chi connectivity index (χ0v) is 34.2. The molecule has 0 saturated carbocycles. The average Bonchev–Trinajstić information content (AvgIpc) is 3.29. The number of carbonyl (C=O) groups excluding carboxylic acids is 2. The summed E-state index contributed by atoms with van der Waals surface area (Å²) in [4.78, 5) is 28.0. The Morgan fingerprint density at radius 1 is 0.667 bits per heavy atom. The van der Waals surface area contributed by atoms with Crippen molar-refractivity contribution < 1.29 is 28.9 Å². The Morgan fingerprint density at radius 2 is 1.25 bits per heavy atom. The van der Waals surface area contributed by atoms with E-state index in [1.807, 2.05) is 103 Å². The number of benzene rings is 6. The van der Waals surface area contributed by atoms with Gasteiger partial charge in [-0.15, -0.1) is 0 Å². The first-order chi connectivity index (χ1) is 29.3.